The first-order valence-electron chi connectivity index (χ1n) is 10.4. The second kappa shape index (κ2) is 8.37. The van der Waals surface area contributed by atoms with E-state index in [-0.39, 0.29) is 24.2 Å². The van der Waals surface area contributed by atoms with E-state index in [1.807, 2.05) is 13.1 Å². The fraction of sp³-hybridized carbons (Fsp3) is 0.619. The Bertz CT molecular complexity index is 753. The van der Waals surface area contributed by atoms with Crippen LogP contribution in [0.3, 0.4) is 0 Å². The molecule has 0 spiro atoms. The molecule has 1 aromatic rings. The number of halogens is 1. The molecule has 0 bridgehead atoms. The Morgan fingerprint density at radius 3 is 2.93 bits per heavy atom. The van der Waals surface area contributed by atoms with Crippen LogP contribution in [0, 0.1) is 5.82 Å². The highest BCUT2D eigenvalue weighted by Crippen LogP contribution is 2.45. The Balaban J connectivity index is 1.69. The van der Waals surface area contributed by atoms with Gasteiger partial charge in [0.25, 0.3) is 0 Å². The Morgan fingerprint density at radius 2 is 2.11 bits per heavy atom. The summed E-state index contributed by atoms with van der Waals surface area (Å²) in [5.74, 6) is 0.772. The molecule has 0 amide bonds. The van der Waals surface area contributed by atoms with E-state index in [9.17, 15) is 0 Å². The molecule has 1 fully saturated rings. The van der Waals surface area contributed by atoms with E-state index in [1.54, 1.807) is 0 Å². The maximum Gasteiger partial charge on any atom is 0.157 e. The quantitative estimate of drug-likeness (QED) is 0.545. The molecule has 154 valence electrons. The minimum atomic E-state index is -0.219. The van der Waals surface area contributed by atoms with Crippen molar-refractivity contribution in [1.29, 1.82) is 0 Å². The van der Waals surface area contributed by atoms with Gasteiger partial charge in [-0.25, -0.2) is 4.39 Å². The van der Waals surface area contributed by atoms with E-state index < -0.39 is 0 Å². The van der Waals surface area contributed by atoms with Crippen molar-refractivity contribution in [2.75, 3.05) is 32.1 Å². The number of allylic oxidation sites excluding steroid dienone is 1. The summed E-state index contributed by atoms with van der Waals surface area (Å²) in [6.45, 7) is 6.61. The van der Waals surface area contributed by atoms with Gasteiger partial charge >= 0.3 is 0 Å². The molecule has 6 nitrogen and oxygen atoms in total. The van der Waals surface area contributed by atoms with Gasteiger partial charge in [0.15, 0.2) is 5.82 Å². The van der Waals surface area contributed by atoms with Gasteiger partial charge in [-0.15, -0.1) is 0 Å². The van der Waals surface area contributed by atoms with E-state index in [4.69, 9.17) is 4.74 Å². The molecule has 1 aromatic carbocycles. The second-order valence-electron chi connectivity index (χ2n) is 8.17. The lowest BCUT2D eigenvalue weighted by molar-refractivity contribution is 0.249. The smallest absolute Gasteiger partial charge is 0.157 e. The number of benzene rings is 1. The number of hydrogen-bond acceptors (Lipinski definition) is 6. The zero-order valence-corrected chi connectivity index (χ0v) is 17.0. The number of rotatable bonds is 4. The van der Waals surface area contributed by atoms with E-state index in [2.05, 4.69) is 46.5 Å². The van der Waals surface area contributed by atoms with Crippen LogP contribution < -0.4 is 31.3 Å². The SMILES string of the molecule is CNC1CC(C)NC(Nc2cc3c(c(C4=CCNCCC4)c2F)OC[C@H]3C)N1. The largest absolute Gasteiger partial charge is 0.492 e. The van der Waals surface area contributed by atoms with Crippen molar-refractivity contribution >= 4 is 11.3 Å². The van der Waals surface area contributed by atoms with Crippen LogP contribution in [0.5, 0.6) is 5.75 Å². The molecule has 3 heterocycles. The zero-order chi connectivity index (χ0) is 19.7. The molecule has 4 rings (SSSR count). The highest BCUT2D eigenvalue weighted by atomic mass is 19.1. The normalized spacial score (nSPS) is 30.2. The van der Waals surface area contributed by atoms with Crippen LogP contribution in [0.1, 0.15) is 50.2 Å². The fourth-order valence-electron chi connectivity index (χ4n) is 4.37. The highest BCUT2D eigenvalue weighted by molar-refractivity contribution is 5.77. The van der Waals surface area contributed by atoms with Gasteiger partial charge in [0.2, 0.25) is 0 Å². The van der Waals surface area contributed by atoms with Gasteiger partial charge < -0.3 is 20.7 Å². The monoisotopic (exact) mass is 389 g/mol. The lowest BCUT2D eigenvalue weighted by Gasteiger charge is -2.37. The van der Waals surface area contributed by atoms with Gasteiger partial charge in [-0.2, -0.15) is 0 Å². The molecule has 7 heteroatoms. The molecule has 0 aromatic heterocycles. The maximum absolute atomic E-state index is 15.7. The summed E-state index contributed by atoms with van der Waals surface area (Å²) in [5.41, 5.74) is 3.30. The van der Waals surface area contributed by atoms with Gasteiger partial charge in [0.05, 0.1) is 24.0 Å². The minimum Gasteiger partial charge on any atom is -0.492 e. The predicted molar refractivity (Wildman–Crippen MR) is 111 cm³/mol. The van der Waals surface area contributed by atoms with Crippen LogP contribution in [-0.2, 0) is 0 Å². The number of hydrogen-bond donors (Lipinski definition) is 5. The lowest BCUT2D eigenvalue weighted by atomic mass is 9.93. The average molecular weight is 390 g/mol. The molecule has 1 saturated heterocycles. The highest BCUT2D eigenvalue weighted by Gasteiger charge is 2.31. The predicted octanol–water partition coefficient (Wildman–Crippen LogP) is 2.30. The molecule has 5 N–H and O–H groups in total. The first-order chi connectivity index (χ1) is 13.6. The molecule has 4 atom stereocenters. The first kappa shape index (κ1) is 19.6. The molecule has 0 aliphatic carbocycles. The van der Waals surface area contributed by atoms with Crippen molar-refractivity contribution in [3.63, 3.8) is 0 Å². The van der Waals surface area contributed by atoms with Crippen LogP contribution in [0.4, 0.5) is 10.1 Å². The number of nitrogens with one attached hydrogen (secondary N) is 5. The molecular weight excluding hydrogens is 357 g/mol. The van der Waals surface area contributed by atoms with E-state index in [0.29, 0.717) is 23.9 Å². The first-order valence-corrected chi connectivity index (χ1v) is 10.4. The topological polar surface area (TPSA) is 69.4 Å². The zero-order valence-electron chi connectivity index (χ0n) is 17.0. The molecule has 0 saturated carbocycles. The van der Waals surface area contributed by atoms with Crippen LogP contribution in [-0.4, -0.2) is 45.2 Å². The van der Waals surface area contributed by atoms with Crippen molar-refractivity contribution in [3.05, 3.63) is 29.1 Å². The number of anilines is 1. The fourth-order valence-corrected chi connectivity index (χ4v) is 4.37. The Morgan fingerprint density at radius 1 is 1.25 bits per heavy atom. The third kappa shape index (κ3) is 3.89. The molecule has 3 aliphatic heterocycles. The van der Waals surface area contributed by atoms with Crippen LogP contribution in [0.2, 0.25) is 0 Å². The summed E-state index contributed by atoms with van der Waals surface area (Å²) < 4.78 is 21.7. The summed E-state index contributed by atoms with van der Waals surface area (Å²) in [5, 5.41) is 16.9. The number of ether oxygens (including phenoxy) is 1. The van der Waals surface area contributed by atoms with Crippen molar-refractivity contribution in [3.8, 4) is 5.75 Å². The van der Waals surface area contributed by atoms with Crippen molar-refractivity contribution in [2.24, 2.45) is 0 Å². The molecule has 3 unspecified atom stereocenters. The minimum absolute atomic E-state index is 0.184. The van der Waals surface area contributed by atoms with Crippen LogP contribution in [0.25, 0.3) is 5.57 Å². The Kier molecular flexibility index (Phi) is 5.87. The van der Waals surface area contributed by atoms with Gasteiger partial charge in [-0.1, -0.05) is 13.0 Å². The van der Waals surface area contributed by atoms with Crippen molar-refractivity contribution in [2.45, 2.75) is 57.5 Å². The van der Waals surface area contributed by atoms with E-state index in [1.165, 1.54) is 0 Å². The van der Waals surface area contributed by atoms with Gasteiger partial charge in [-0.05, 0) is 51.4 Å². The van der Waals surface area contributed by atoms with E-state index >= 15 is 4.39 Å². The molecular formula is C21H32FN5O. The average Bonchev–Trinajstić information content (AvgIpc) is 2.88. The second-order valence-corrected chi connectivity index (χ2v) is 8.17. The number of fused-ring (bicyclic) bond motifs is 1. The summed E-state index contributed by atoms with van der Waals surface area (Å²) >= 11 is 0. The summed E-state index contributed by atoms with van der Waals surface area (Å²) in [7, 11) is 1.94. The maximum atomic E-state index is 15.7. The van der Waals surface area contributed by atoms with Gasteiger partial charge in [0, 0.05) is 24.1 Å². The standard InChI is InChI=1S/C21H32FN5O/c1-12-11-28-20-15(12)10-16(26-21-25-13(2)9-17(23-3)27-21)19(22)18(20)14-5-4-7-24-8-6-14/h6,10,12-13,17,21,23-27H,4-5,7-9,11H2,1-3H3/t12-,13?,17?,21?/m1/s1. The molecule has 0 radical (unpaired) electrons. The molecule has 3 aliphatic rings. The van der Waals surface area contributed by atoms with Crippen molar-refractivity contribution in [1.82, 2.24) is 21.3 Å². The third-order valence-corrected chi connectivity index (χ3v) is 5.92. The third-order valence-electron chi connectivity index (χ3n) is 5.92. The summed E-state index contributed by atoms with van der Waals surface area (Å²) in [6.07, 6.45) is 4.92. The Labute approximate surface area is 166 Å². The summed E-state index contributed by atoms with van der Waals surface area (Å²) in [6, 6.07) is 2.25. The summed E-state index contributed by atoms with van der Waals surface area (Å²) in [4.78, 5) is 0. The molecule has 28 heavy (non-hydrogen) atoms. The van der Waals surface area contributed by atoms with Gasteiger partial charge in [0.1, 0.15) is 12.0 Å². The Hall–Kier alpha value is -1.67. The lowest BCUT2D eigenvalue weighted by Crippen LogP contribution is -2.63. The van der Waals surface area contributed by atoms with Crippen LogP contribution in [0.15, 0.2) is 12.1 Å². The van der Waals surface area contributed by atoms with Gasteiger partial charge in [-0.3, -0.25) is 10.6 Å². The van der Waals surface area contributed by atoms with E-state index in [0.717, 1.165) is 49.2 Å². The van der Waals surface area contributed by atoms with Crippen molar-refractivity contribution < 1.29 is 9.13 Å². The van der Waals surface area contributed by atoms with Crippen LogP contribution >= 0.6 is 0 Å².